The van der Waals surface area contributed by atoms with E-state index in [0.717, 1.165) is 44.1 Å². The Hall–Kier alpha value is -2.04. The minimum Gasteiger partial charge on any atom is -0.494 e. The Kier molecular flexibility index (Phi) is 5.65. The van der Waals surface area contributed by atoms with Crippen LogP contribution in [0.1, 0.15) is 37.0 Å². The largest absolute Gasteiger partial charge is 0.494 e. The van der Waals surface area contributed by atoms with Crippen LogP contribution in [0.2, 0.25) is 0 Å². The third kappa shape index (κ3) is 4.45. The third-order valence-corrected chi connectivity index (χ3v) is 5.48. The second kappa shape index (κ2) is 8.32. The molecule has 2 aliphatic rings. The monoisotopic (exact) mass is 366 g/mol. The zero-order valence-electron chi connectivity index (χ0n) is 16.4. The Bertz CT molecular complexity index is 762. The van der Waals surface area contributed by atoms with E-state index in [9.17, 15) is 0 Å². The van der Waals surface area contributed by atoms with Crippen LogP contribution in [-0.4, -0.2) is 36.7 Å². The summed E-state index contributed by atoms with van der Waals surface area (Å²) in [4.78, 5) is 2.53. The highest BCUT2D eigenvalue weighted by atomic mass is 16.5. The summed E-state index contributed by atoms with van der Waals surface area (Å²) in [5.74, 6) is 2.03. The highest BCUT2D eigenvalue weighted by molar-refractivity contribution is 5.48. The summed E-state index contributed by atoms with van der Waals surface area (Å²) in [7, 11) is 0. The molecule has 0 radical (unpaired) electrons. The highest BCUT2D eigenvalue weighted by Crippen LogP contribution is 2.35. The van der Waals surface area contributed by atoms with Crippen molar-refractivity contribution in [3.63, 3.8) is 0 Å². The maximum Gasteiger partial charge on any atom is 0.124 e. The van der Waals surface area contributed by atoms with Crippen molar-refractivity contribution in [1.29, 1.82) is 0 Å². The molecule has 4 heteroatoms. The van der Waals surface area contributed by atoms with Crippen molar-refractivity contribution in [1.82, 2.24) is 10.2 Å². The van der Waals surface area contributed by atoms with Gasteiger partial charge in [-0.1, -0.05) is 30.3 Å². The summed E-state index contributed by atoms with van der Waals surface area (Å²) in [6.07, 6.45) is 2.43. The van der Waals surface area contributed by atoms with Crippen molar-refractivity contribution < 1.29 is 9.47 Å². The number of ether oxygens (including phenoxy) is 2. The number of hydrogen-bond acceptors (Lipinski definition) is 4. The van der Waals surface area contributed by atoms with Gasteiger partial charge in [-0.05, 0) is 38.0 Å². The first-order valence-electron chi connectivity index (χ1n) is 10.2. The fourth-order valence-electron chi connectivity index (χ4n) is 4.15. The molecule has 2 aromatic carbocycles. The van der Waals surface area contributed by atoms with E-state index >= 15 is 0 Å². The average Bonchev–Trinajstić information content (AvgIpc) is 3.26. The van der Waals surface area contributed by atoms with E-state index in [1.807, 2.05) is 6.92 Å². The van der Waals surface area contributed by atoms with E-state index < -0.39 is 0 Å². The van der Waals surface area contributed by atoms with Gasteiger partial charge in [-0.3, -0.25) is 4.90 Å². The van der Waals surface area contributed by atoms with E-state index in [0.29, 0.717) is 12.6 Å². The van der Waals surface area contributed by atoms with Gasteiger partial charge in [-0.2, -0.15) is 0 Å². The van der Waals surface area contributed by atoms with Gasteiger partial charge in [0.25, 0.3) is 0 Å². The number of nitrogens with one attached hydrogen (secondary N) is 1. The quantitative estimate of drug-likeness (QED) is 0.809. The molecule has 0 aliphatic carbocycles. The summed E-state index contributed by atoms with van der Waals surface area (Å²) in [6.45, 7) is 8.96. The predicted molar refractivity (Wildman–Crippen MR) is 108 cm³/mol. The molecule has 0 amide bonds. The van der Waals surface area contributed by atoms with Crippen molar-refractivity contribution in [2.45, 2.75) is 51.9 Å². The lowest BCUT2D eigenvalue weighted by molar-refractivity contribution is 0.254. The molecule has 2 aromatic rings. The van der Waals surface area contributed by atoms with Crippen LogP contribution >= 0.6 is 0 Å². The van der Waals surface area contributed by atoms with Crippen LogP contribution in [-0.2, 0) is 19.5 Å². The Morgan fingerprint density at radius 1 is 1.22 bits per heavy atom. The van der Waals surface area contributed by atoms with Gasteiger partial charge in [0.15, 0.2) is 0 Å². The maximum atomic E-state index is 5.94. The highest BCUT2D eigenvalue weighted by Gasteiger charge is 2.24. The van der Waals surface area contributed by atoms with Crippen LogP contribution < -0.4 is 14.8 Å². The van der Waals surface area contributed by atoms with Crippen LogP contribution in [0.4, 0.5) is 0 Å². The Balaban J connectivity index is 1.35. The van der Waals surface area contributed by atoms with Crippen molar-refractivity contribution in [3.05, 3.63) is 59.2 Å². The van der Waals surface area contributed by atoms with Gasteiger partial charge in [0.2, 0.25) is 0 Å². The molecule has 1 N–H and O–H groups in total. The molecule has 2 atom stereocenters. The molecule has 4 nitrogen and oxygen atoms in total. The van der Waals surface area contributed by atoms with Crippen LogP contribution in [0.3, 0.4) is 0 Å². The number of benzene rings is 2. The van der Waals surface area contributed by atoms with E-state index in [4.69, 9.17) is 9.47 Å². The van der Waals surface area contributed by atoms with Crippen LogP contribution in [0.15, 0.2) is 42.5 Å². The molecular weight excluding hydrogens is 336 g/mol. The molecule has 27 heavy (non-hydrogen) atoms. The zero-order chi connectivity index (χ0) is 18.6. The number of rotatable bonds is 7. The minimum absolute atomic E-state index is 0.263. The molecule has 0 aromatic heterocycles. The first-order valence-corrected chi connectivity index (χ1v) is 10.2. The number of fused-ring (bicyclic) bond motifs is 1. The van der Waals surface area contributed by atoms with E-state index in [1.165, 1.54) is 23.1 Å². The molecule has 144 valence electrons. The average molecular weight is 367 g/mol. The number of hydrogen-bond donors (Lipinski definition) is 1. The van der Waals surface area contributed by atoms with Gasteiger partial charge >= 0.3 is 0 Å². The third-order valence-electron chi connectivity index (χ3n) is 5.48. The summed E-state index contributed by atoms with van der Waals surface area (Å²) in [6, 6.07) is 15.6. The molecule has 0 bridgehead atoms. The van der Waals surface area contributed by atoms with Crippen molar-refractivity contribution in [2.75, 3.05) is 19.7 Å². The number of likely N-dealkylation sites (tertiary alicyclic amines) is 1. The smallest absolute Gasteiger partial charge is 0.124 e. The summed E-state index contributed by atoms with van der Waals surface area (Å²) in [5.41, 5.74) is 3.86. The van der Waals surface area contributed by atoms with Crippen molar-refractivity contribution >= 4 is 0 Å². The van der Waals surface area contributed by atoms with Crippen LogP contribution in [0.25, 0.3) is 0 Å². The second-order valence-electron chi connectivity index (χ2n) is 7.72. The molecule has 0 spiro atoms. The molecule has 2 unspecified atom stereocenters. The van der Waals surface area contributed by atoms with Gasteiger partial charge < -0.3 is 14.8 Å². The Morgan fingerprint density at radius 3 is 2.89 bits per heavy atom. The van der Waals surface area contributed by atoms with Gasteiger partial charge in [0.05, 0.1) is 6.61 Å². The fourth-order valence-corrected chi connectivity index (χ4v) is 4.15. The summed E-state index contributed by atoms with van der Waals surface area (Å²) < 4.78 is 11.9. The van der Waals surface area contributed by atoms with E-state index in [2.05, 4.69) is 59.6 Å². The maximum absolute atomic E-state index is 5.94. The van der Waals surface area contributed by atoms with Gasteiger partial charge in [0, 0.05) is 49.8 Å². The molecule has 1 saturated heterocycles. The van der Waals surface area contributed by atoms with Crippen LogP contribution in [0.5, 0.6) is 11.5 Å². The SMILES string of the molecule is CCOc1cc2c(cc1CNC1CCN(Cc3ccccc3)C1)OC(C)C2. The normalized spacial score (nSPS) is 21.9. The Labute approximate surface area is 162 Å². The first kappa shape index (κ1) is 18.3. The summed E-state index contributed by atoms with van der Waals surface area (Å²) in [5, 5.41) is 3.74. The molecule has 1 fully saturated rings. The zero-order valence-corrected chi connectivity index (χ0v) is 16.4. The molecule has 2 heterocycles. The lowest BCUT2D eigenvalue weighted by Crippen LogP contribution is -2.32. The van der Waals surface area contributed by atoms with Crippen molar-refractivity contribution in [2.24, 2.45) is 0 Å². The topological polar surface area (TPSA) is 33.7 Å². The predicted octanol–water partition coefficient (Wildman–Crippen LogP) is 3.77. The number of nitrogens with zero attached hydrogens (tertiary/aromatic N) is 1. The fraction of sp³-hybridized carbons (Fsp3) is 0.478. The van der Waals surface area contributed by atoms with Gasteiger partial charge in [0.1, 0.15) is 17.6 Å². The Morgan fingerprint density at radius 2 is 2.07 bits per heavy atom. The lowest BCUT2D eigenvalue weighted by Gasteiger charge is -2.18. The van der Waals surface area contributed by atoms with Gasteiger partial charge in [-0.25, -0.2) is 0 Å². The molecule has 0 saturated carbocycles. The van der Waals surface area contributed by atoms with E-state index in [-0.39, 0.29) is 6.10 Å². The van der Waals surface area contributed by atoms with Crippen molar-refractivity contribution in [3.8, 4) is 11.5 Å². The first-order chi connectivity index (χ1) is 13.2. The molecule has 2 aliphatic heterocycles. The van der Waals surface area contributed by atoms with Crippen LogP contribution in [0, 0.1) is 0 Å². The molecular formula is C23H30N2O2. The molecule has 4 rings (SSSR count). The summed E-state index contributed by atoms with van der Waals surface area (Å²) >= 11 is 0. The lowest BCUT2D eigenvalue weighted by atomic mass is 10.1. The van der Waals surface area contributed by atoms with E-state index in [1.54, 1.807) is 0 Å². The minimum atomic E-state index is 0.263. The standard InChI is InChI=1S/C23H30N2O2/c1-3-26-22-12-19-11-17(2)27-23(19)13-20(22)14-24-21-9-10-25(16-21)15-18-7-5-4-6-8-18/h4-8,12-13,17,21,24H,3,9-11,14-16H2,1-2H3. The van der Waals surface area contributed by atoms with Gasteiger partial charge in [-0.15, -0.1) is 0 Å². The second-order valence-corrected chi connectivity index (χ2v) is 7.72.